The summed E-state index contributed by atoms with van der Waals surface area (Å²) < 4.78 is 5.30. The van der Waals surface area contributed by atoms with Crippen molar-refractivity contribution in [2.45, 2.75) is 6.54 Å². The molecule has 1 aromatic rings. The number of hydrogen-bond acceptors (Lipinski definition) is 5. The number of amides is 3. The maximum Gasteiger partial charge on any atom is 0.320 e. The lowest BCUT2D eigenvalue weighted by atomic mass is 10.3. The van der Waals surface area contributed by atoms with Gasteiger partial charge in [0.25, 0.3) is 0 Å². The van der Waals surface area contributed by atoms with Crippen LogP contribution in [0.4, 0.5) is 4.79 Å². The Morgan fingerprint density at radius 1 is 1.12 bits per heavy atom. The van der Waals surface area contributed by atoms with Gasteiger partial charge < -0.3 is 19.4 Å². The Hall–Kier alpha value is -1.64. The van der Waals surface area contributed by atoms with E-state index in [9.17, 15) is 9.59 Å². The van der Waals surface area contributed by atoms with Gasteiger partial charge in [0, 0.05) is 51.2 Å². The van der Waals surface area contributed by atoms with Gasteiger partial charge >= 0.3 is 6.03 Å². The zero-order valence-corrected chi connectivity index (χ0v) is 15.5. The standard InChI is InChI=1S/C17H26N4O3S/c1-18(13-15-3-2-12-25-15)16(22)14-19-4-6-20(7-5-19)17(23)21-8-10-24-11-9-21/h2-3,12H,4-11,13-14H2,1H3. The van der Waals surface area contributed by atoms with Gasteiger partial charge in [0.1, 0.15) is 0 Å². The van der Waals surface area contributed by atoms with Crippen molar-refractivity contribution in [3.8, 4) is 0 Å². The maximum absolute atomic E-state index is 12.5. The van der Waals surface area contributed by atoms with Crippen LogP contribution >= 0.6 is 11.3 Å². The zero-order chi connectivity index (χ0) is 17.6. The molecule has 2 fully saturated rings. The van der Waals surface area contributed by atoms with Crippen LogP contribution in [0.2, 0.25) is 0 Å². The van der Waals surface area contributed by atoms with Crippen molar-refractivity contribution in [1.29, 1.82) is 0 Å². The Morgan fingerprint density at radius 3 is 2.44 bits per heavy atom. The Kier molecular flexibility index (Phi) is 6.28. The number of carbonyl (C=O) groups excluding carboxylic acids is 2. The third-order valence-electron chi connectivity index (χ3n) is 4.68. The Bertz CT molecular complexity index is 566. The molecule has 0 saturated carbocycles. The third-order valence-corrected chi connectivity index (χ3v) is 5.54. The lowest BCUT2D eigenvalue weighted by Crippen LogP contribution is -2.55. The minimum Gasteiger partial charge on any atom is -0.378 e. The topological polar surface area (TPSA) is 56.3 Å². The summed E-state index contributed by atoms with van der Waals surface area (Å²) in [5.41, 5.74) is 0. The SMILES string of the molecule is CN(Cc1cccs1)C(=O)CN1CCN(C(=O)N2CCOCC2)CC1. The largest absolute Gasteiger partial charge is 0.378 e. The smallest absolute Gasteiger partial charge is 0.320 e. The molecule has 0 atom stereocenters. The van der Waals surface area contributed by atoms with E-state index in [0.717, 1.165) is 13.1 Å². The van der Waals surface area contributed by atoms with E-state index in [0.29, 0.717) is 52.5 Å². The minimum absolute atomic E-state index is 0.101. The van der Waals surface area contributed by atoms with Crippen LogP contribution in [-0.4, -0.2) is 97.6 Å². The van der Waals surface area contributed by atoms with Crippen LogP contribution in [0.25, 0.3) is 0 Å². The van der Waals surface area contributed by atoms with E-state index in [2.05, 4.69) is 4.90 Å². The fourth-order valence-corrected chi connectivity index (χ4v) is 3.85. The van der Waals surface area contributed by atoms with Crippen LogP contribution in [-0.2, 0) is 16.1 Å². The number of rotatable bonds is 4. The quantitative estimate of drug-likeness (QED) is 0.790. The molecule has 0 spiro atoms. The van der Waals surface area contributed by atoms with Gasteiger partial charge in [-0.3, -0.25) is 9.69 Å². The fourth-order valence-electron chi connectivity index (χ4n) is 3.09. The van der Waals surface area contributed by atoms with Crippen LogP contribution in [0.3, 0.4) is 0 Å². The van der Waals surface area contributed by atoms with Crippen LogP contribution in [0.1, 0.15) is 4.88 Å². The van der Waals surface area contributed by atoms with E-state index in [1.165, 1.54) is 4.88 Å². The lowest BCUT2D eigenvalue weighted by Gasteiger charge is -2.38. The van der Waals surface area contributed by atoms with Gasteiger partial charge in [-0.1, -0.05) is 6.07 Å². The second-order valence-electron chi connectivity index (χ2n) is 6.47. The van der Waals surface area contributed by atoms with E-state index in [-0.39, 0.29) is 11.9 Å². The lowest BCUT2D eigenvalue weighted by molar-refractivity contribution is -0.131. The number of morpholine rings is 1. The molecule has 2 aliphatic heterocycles. The first kappa shape index (κ1) is 18.2. The average molecular weight is 366 g/mol. The van der Waals surface area contributed by atoms with Gasteiger partial charge in [0.15, 0.2) is 0 Å². The highest BCUT2D eigenvalue weighted by Gasteiger charge is 2.27. The van der Waals surface area contributed by atoms with Crippen molar-refractivity contribution in [2.75, 3.05) is 66.1 Å². The zero-order valence-electron chi connectivity index (χ0n) is 14.7. The van der Waals surface area contributed by atoms with Gasteiger partial charge in [-0.15, -0.1) is 11.3 Å². The van der Waals surface area contributed by atoms with Gasteiger partial charge in [-0.2, -0.15) is 0 Å². The number of urea groups is 1. The minimum atomic E-state index is 0.101. The van der Waals surface area contributed by atoms with Crippen LogP contribution in [0.5, 0.6) is 0 Å². The van der Waals surface area contributed by atoms with Crippen molar-refractivity contribution in [1.82, 2.24) is 19.6 Å². The van der Waals surface area contributed by atoms with Crippen LogP contribution in [0.15, 0.2) is 17.5 Å². The molecule has 138 valence electrons. The second-order valence-corrected chi connectivity index (χ2v) is 7.51. The molecule has 3 amide bonds. The first-order valence-electron chi connectivity index (χ1n) is 8.74. The Balaban J connectivity index is 1.41. The summed E-state index contributed by atoms with van der Waals surface area (Å²) in [5.74, 6) is 0.126. The van der Waals surface area contributed by atoms with Crippen LogP contribution in [0, 0.1) is 0 Å². The summed E-state index contributed by atoms with van der Waals surface area (Å²) >= 11 is 1.67. The van der Waals surface area contributed by atoms with Crippen molar-refractivity contribution < 1.29 is 14.3 Å². The number of ether oxygens (including phenoxy) is 1. The summed E-state index contributed by atoms with van der Waals surface area (Å²) in [6.45, 7) is 6.51. The molecule has 7 nitrogen and oxygen atoms in total. The normalized spacial score (nSPS) is 19.1. The number of carbonyl (C=O) groups is 2. The third kappa shape index (κ3) is 4.93. The molecule has 3 rings (SSSR count). The average Bonchev–Trinajstić information content (AvgIpc) is 3.15. The summed E-state index contributed by atoms with van der Waals surface area (Å²) in [7, 11) is 1.85. The predicted molar refractivity (Wildman–Crippen MR) is 96.6 cm³/mol. The van der Waals surface area contributed by atoms with E-state index in [1.54, 1.807) is 16.2 Å². The summed E-state index contributed by atoms with van der Waals surface area (Å²) in [6.07, 6.45) is 0. The van der Waals surface area contributed by atoms with Crippen molar-refractivity contribution in [3.63, 3.8) is 0 Å². The molecule has 2 saturated heterocycles. The molecule has 25 heavy (non-hydrogen) atoms. The first-order chi connectivity index (χ1) is 12.1. The monoisotopic (exact) mass is 366 g/mol. The molecule has 8 heteroatoms. The maximum atomic E-state index is 12.5. The Morgan fingerprint density at radius 2 is 1.80 bits per heavy atom. The number of piperazine rings is 1. The van der Waals surface area contributed by atoms with E-state index in [4.69, 9.17) is 4.74 Å². The first-order valence-corrected chi connectivity index (χ1v) is 9.62. The van der Waals surface area contributed by atoms with Gasteiger partial charge in [-0.25, -0.2) is 4.79 Å². The molecule has 0 aromatic carbocycles. The van der Waals surface area contributed by atoms with E-state index in [1.807, 2.05) is 34.4 Å². The van der Waals surface area contributed by atoms with Gasteiger partial charge in [0.05, 0.1) is 26.3 Å². The molecular weight excluding hydrogens is 340 g/mol. The Labute approximate surface area is 152 Å². The fraction of sp³-hybridized carbons (Fsp3) is 0.647. The van der Waals surface area contributed by atoms with Gasteiger partial charge in [-0.05, 0) is 11.4 Å². The summed E-state index contributed by atoms with van der Waals surface area (Å²) in [5, 5.41) is 2.03. The number of hydrogen-bond donors (Lipinski definition) is 0. The van der Waals surface area contributed by atoms with Crippen molar-refractivity contribution >= 4 is 23.3 Å². The van der Waals surface area contributed by atoms with Crippen molar-refractivity contribution in [3.05, 3.63) is 22.4 Å². The summed E-state index contributed by atoms with van der Waals surface area (Å²) in [4.78, 5) is 33.7. The molecule has 0 bridgehead atoms. The number of likely N-dealkylation sites (N-methyl/N-ethyl adjacent to an activating group) is 1. The van der Waals surface area contributed by atoms with E-state index < -0.39 is 0 Å². The molecular formula is C17H26N4O3S. The number of nitrogens with zero attached hydrogens (tertiary/aromatic N) is 4. The molecule has 0 unspecified atom stereocenters. The van der Waals surface area contributed by atoms with E-state index >= 15 is 0 Å². The van der Waals surface area contributed by atoms with Crippen molar-refractivity contribution in [2.24, 2.45) is 0 Å². The predicted octanol–water partition coefficient (Wildman–Crippen LogP) is 0.776. The highest BCUT2D eigenvalue weighted by Crippen LogP contribution is 2.12. The molecule has 0 N–H and O–H groups in total. The highest BCUT2D eigenvalue weighted by molar-refractivity contribution is 7.09. The van der Waals surface area contributed by atoms with Gasteiger partial charge in [0.2, 0.25) is 5.91 Å². The molecule has 0 radical (unpaired) electrons. The highest BCUT2D eigenvalue weighted by atomic mass is 32.1. The van der Waals surface area contributed by atoms with Crippen LogP contribution < -0.4 is 0 Å². The molecule has 2 aliphatic rings. The molecule has 3 heterocycles. The molecule has 0 aliphatic carbocycles. The number of thiophene rings is 1. The summed E-state index contributed by atoms with van der Waals surface area (Å²) in [6, 6.07) is 4.15. The second kappa shape index (κ2) is 8.64. The molecule has 1 aromatic heterocycles.